The number of H-pyrrole nitrogens is 1. The number of benzene rings is 2. The van der Waals surface area contributed by atoms with Crippen molar-refractivity contribution in [1.82, 2.24) is 30.5 Å². The second kappa shape index (κ2) is 8.08. The number of fused-ring (bicyclic) bond motifs is 1. The maximum atomic E-state index is 13.2. The Kier molecular flexibility index (Phi) is 4.98. The van der Waals surface area contributed by atoms with E-state index in [1.807, 2.05) is 48.5 Å². The van der Waals surface area contributed by atoms with E-state index in [1.54, 1.807) is 10.9 Å². The van der Waals surface area contributed by atoms with E-state index in [-0.39, 0.29) is 12.0 Å². The van der Waals surface area contributed by atoms with Gasteiger partial charge in [0.2, 0.25) is 0 Å². The number of nitrogens with one attached hydrogen (secondary N) is 2. The minimum absolute atomic E-state index is 0.0677. The van der Waals surface area contributed by atoms with Gasteiger partial charge < -0.3 is 10.1 Å². The van der Waals surface area contributed by atoms with Crippen LogP contribution in [-0.2, 0) is 11.3 Å². The molecule has 0 radical (unpaired) electrons. The molecule has 2 aromatic carbocycles. The molecule has 0 spiro atoms. The van der Waals surface area contributed by atoms with Gasteiger partial charge in [-0.1, -0.05) is 41.6 Å². The van der Waals surface area contributed by atoms with Crippen molar-refractivity contribution in [2.75, 3.05) is 13.2 Å². The zero-order valence-electron chi connectivity index (χ0n) is 16.4. The summed E-state index contributed by atoms with van der Waals surface area (Å²) in [6, 6.07) is 15.7. The van der Waals surface area contributed by atoms with Crippen LogP contribution in [0.4, 0.5) is 0 Å². The number of carbonyl (C=O) groups excluding carboxylic acids is 1. The molecule has 1 atom stereocenters. The van der Waals surface area contributed by atoms with Gasteiger partial charge in [-0.2, -0.15) is 5.10 Å². The van der Waals surface area contributed by atoms with Crippen LogP contribution in [0.3, 0.4) is 0 Å². The van der Waals surface area contributed by atoms with Gasteiger partial charge in [0.25, 0.3) is 5.91 Å². The first kappa shape index (κ1) is 18.5. The van der Waals surface area contributed by atoms with Crippen molar-refractivity contribution in [2.24, 2.45) is 0 Å². The summed E-state index contributed by atoms with van der Waals surface area (Å²) in [4.78, 5) is 13.2. The average molecular weight is 402 g/mol. The molecule has 152 valence electrons. The highest BCUT2D eigenvalue weighted by atomic mass is 16.5. The number of hydrogen-bond acceptors (Lipinski definition) is 5. The van der Waals surface area contributed by atoms with Crippen LogP contribution in [0.25, 0.3) is 22.2 Å². The van der Waals surface area contributed by atoms with Crippen molar-refractivity contribution in [3.05, 3.63) is 66.0 Å². The first-order valence-electron chi connectivity index (χ1n) is 10.1. The molecule has 0 unspecified atom stereocenters. The van der Waals surface area contributed by atoms with Gasteiger partial charge in [0.05, 0.1) is 24.4 Å². The van der Waals surface area contributed by atoms with E-state index in [0.717, 1.165) is 41.5 Å². The maximum absolute atomic E-state index is 13.2. The van der Waals surface area contributed by atoms with Crippen LogP contribution < -0.4 is 5.32 Å². The number of rotatable bonds is 6. The summed E-state index contributed by atoms with van der Waals surface area (Å²) < 4.78 is 7.30. The fourth-order valence-electron chi connectivity index (χ4n) is 3.78. The highest BCUT2D eigenvalue weighted by Crippen LogP contribution is 2.25. The Morgan fingerprint density at radius 2 is 2.13 bits per heavy atom. The zero-order valence-corrected chi connectivity index (χ0v) is 16.4. The quantitative estimate of drug-likeness (QED) is 0.517. The van der Waals surface area contributed by atoms with Crippen LogP contribution in [0.5, 0.6) is 0 Å². The normalized spacial score (nSPS) is 16.2. The average Bonchev–Trinajstić information content (AvgIpc) is 3.53. The van der Waals surface area contributed by atoms with E-state index in [4.69, 9.17) is 4.74 Å². The monoisotopic (exact) mass is 402 g/mol. The first-order valence-corrected chi connectivity index (χ1v) is 10.1. The van der Waals surface area contributed by atoms with Crippen LogP contribution in [0.15, 0.2) is 54.7 Å². The molecule has 0 saturated carbocycles. The van der Waals surface area contributed by atoms with Crippen molar-refractivity contribution >= 4 is 16.8 Å². The molecule has 4 aromatic rings. The van der Waals surface area contributed by atoms with E-state index < -0.39 is 0 Å². The Hall–Kier alpha value is -3.52. The lowest BCUT2D eigenvalue weighted by atomic mass is 10.1. The minimum atomic E-state index is -0.200. The van der Waals surface area contributed by atoms with Crippen LogP contribution in [0.2, 0.25) is 0 Å². The van der Waals surface area contributed by atoms with Crippen LogP contribution >= 0.6 is 0 Å². The van der Waals surface area contributed by atoms with E-state index in [0.29, 0.717) is 24.5 Å². The molecule has 2 N–H and O–H groups in total. The van der Waals surface area contributed by atoms with Gasteiger partial charge in [-0.05, 0) is 30.5 Å². The molecule has 0 aliphatic carbocycles. The fourth-order valence-corrected chi connectivity index (χ4v) is 3.78. The largest absolute Gasteiger partial charge is 0.376 e. The van der Waals surface area contributed by atoms with Gasteiger partial charge in [0, 0.05) is 24.1 Å². The van der Waals surface area contributed by atoms with E-state index in [2.05, 4.69) is 25.8 Å². The van der Waals surface area contributed by atoms with Gasteiger partial charge in [-0.25, -0.2) is 4.68 Å². The summed E-state index contributed by atoms with van der Waals surface area (Å²) in [7, 11) is 0. The van der Waals surface area contributed by atoms with Gasteiger partial charge in [-0.3, -0.25) is 9.89 Å². The molecule has 1 aliphatic heterocycles. The molecule has 30 heavy (non-hydrogen) atoms. The summed E-state index contributed by atoms with van der Waals surface area (Å²) >= 11 is 0. The predicted molar refractivity (Wildman–Crippen MR) is 112 cm³/mol. The lowest BCUT2D eigenvalue weighted by Crippen LogP contribution is -2.33. The number of aromatic amines is 1. The van der Waals surface area contributed by atoms with Gasteiger partial charge in [0.15, 0.2) is 5.69 Å². The van der Waals surface area contributed by atoms with Crippen LogP contribution in [0, 0.1) is 0 Å². The molecule has 8 heteroatoms. The second-order valence-electron chi connectivity index (χ2n) is 7.45. The summed E-state index contributed by atoms with van der Waals surface area (Å²) in [6.07, 6.45) is 3.82. The molecular weight excluding hydrogens is 380 g/mol. The Bertz CT molecular complexity index is 1160. The maximum Gasteiger partial charge on any atom is 0.272 e. The number of amides is 1. The number of carbonyl (C=O) groups is 1. The van der Waals surface area contributed by atoms with Crippen molar-refractivity contribution in [3.8, 4) is 11.3 Å². The van der Waals surface area contributed by atoms with Gasteiger partial charge in [0.1, 0.15) is 5.69 Å². The molecule has 2 aromatic heterocycles. The highest BCUT2D eigenvalue weighted by molar-refractivity contribution is 5.99. The number of nitrogens with zero attached hydrogens (tertiary/aromatic N) is 4. The van der Waals surface area contributed by atoms with Crippen LogP contribution in [0.1, 0.15) is 28.9 Å². The number of hydrogen-bond donors (Lipinski definition) is 2. The molecule has 5 rings (SSSR count). The summed E-state index contributed by atoms with van der Waals surface area (Å²) in [5, 5.41) is 19.6. The Morgan fingerprint density at radius 3 is 2.97 bits per heavy atom. The highest BCUT2D eigenvalue weighted by Gasteiger charge is 2.24. The Balaban J connectivity index is 1.49. The van der Waals surface area contributed by atoms with E-state index >= 15 is 0 Å². The zero-order chi connectivity index (χ0) is 20.3. The smallest absolute Gasteiger partial charge is 0.272 e. The SMILES string of the molecule is O=C(NC[C@H]1CCCO1)c1c(-c2ccc3[nH]ncc3c2)nnn1Cc1ccccc1. The molecule has 3 heterocycles. The third kappa shape index (κ3) is 3.69. The van der Waals surface area contributed by atoms with Crippen molar-refractivity contribution in [1.29, 1.82) is 0 Å². The molecular formula is C22H22N6O2. The minimum Gasteiger partial charge on any atom is -0.376 e. The molecule has 0 bridgehead atoms. The third-order valence-electron chi connectivity index (χ3n) is 5.35. The van der Waals surface area contributed by atoms with Gasteiger partial charge >= 0.3 is 0 Å². The van der Waals surface area contributed by atoms with Crippen molar-refractivity contribution in [3.63, 3.8) is 0 Å². The molecule has 1 aliphatic rings. The first-order chi connectivity index (χ1) is 14.8. The van der Waals surface area contributed by atoms with E-state index in [9.17, 15) is 4.79 Å². The molecule has 1 fully saturated rings. The topological polar surface area (TPSA) is 97.7 Å². The molecule has 1 amide bonds. The Labute approximate surface area is 173 Å². The summed E-state index contributed by atoms with van der Waals surface area (Å²) in [6.45, 7) is 1.70. The molecule has 1 saturated heterocycles. The summed E-state index contributed by atoms with van der Waals surface area (Å²) in [5.41, 5.74) is 3.80. The third-order valence-corrected chi connectivity index (χ3v) is 5.35. The Morgan fingerprint density at radius 1 is 1.23 bits per heavy atom. The van der Waals surface area contributed by atoms with Gasteiger partial charge in [-0.15, -0.1) is 5.10 Å². The van der Waals surface area contributed by atoms with Crippen molar-refractivity contribution in [2.45, 2.75) is 25.5 Å². The lowest BCUT2D eigenvalue weighted by Gasteiger charge is -2.12. The number of aromatic nitrogens is 5. The van der Waals surface area contributed by atoms with E-state index in [1.165, 1.54) is 0 Å². The predicted octanol–water partition coefficient (Wildman–Crippen LogP) is 2.78. The molecule has 8 nitrogen and oxygen atoms in total. The number of ether oxygens (including phenoxy) is 1. The van der Waals surface area contributed by atoms with Crippen LogP contribution in [-0.4, -0.2) is 50.4 Å². The lowest BCUT2D eigenvalue weighted by molar-refractivity contribution is 0.0850. The fraction of sp³-hybridized carbons (Fsp3) is 0.273. The second-order valence-corrected chi connectivity index (χ2v) is 7.45. The standard InChI is InChI=1S/C22H22N6O2/c29-22(23-13-18-7-4-10-30-18)21-20(16-8-9-19-17(11-16)12-24-25-19)26-27-28(21)14-15-5-2-1-3-6-15/h1-3,5-6,8-9,11-12,18H,4,7,10,13-14H2,(H,23,29)(H,24,25)/t18-/m1/s1. The van der Waals surface area contributed by atoms with Crippen molar-refractivity contribution < 1.29 is 9.53 Å². The summed E-state index contributed by atoms with van der Waals surface area (Å²) in [5.74, 6) is -0.200.